The van der Waals surface area contributed by atoms with Gasteiger partial charge in [0.1, 0.15) is 17.6 Å². The van der Waals surface area contributed by atoms with Crippen LogP contribution in [0, 0.1) is 5.92 Å². The maximum atomic E-state index is 5.93. The first-order valence-corrected chi connectivity index (χ1v) is 12.0. The summed E-state index contributed by atoms with van der Waals surface area (Å²) in [5.41, 5.74) is 2.30. The first-order valence-electron chi connectivity index (χ1n) is 11.1. The number of guanidine groups is 1. The molecule has 31 heavy (non-hydrogen) atoms. The van der Waals surface area contributed by atoms with Gasteiger partial charge in [-0.3, -0.25) is 9.89 Å². The van der Waals surface area contributed by atoms with Crippen molar-refractivity contribution in [1.82, 2.24) is 15.5 Å². The average Bonchev–Trinajstić information content (AvgIpc) is 3.41. The molecule has 3 heterocycles. The molecule has 7 heteroatoms. The van der Waals surface area contributed by atoms with Crippen molar-refractivity contribution in [2.75, 3.05) is 34.3 Å². The van der Waals surface area contributed by atoms with Crippen molar-refractivity contribution in [3.05, 3.63) is 45.6 Å². The highest BCUT2D eigenvalue weighted by atomic mass is 32.1. The molecule has 2 aliphatic heterocycles. The number of hydrogen-bond donors (Lipinski definition) is 2. The molecule has 0 amide bonds. The third-order valence-corrected chi connectivity index (χ3v) is 7.29. The van der Waals surface area contributed by atoms with Gasteiger partial charge < -0.3 is 20.1 Å². The van der Waals surface area contributed by atoms with Crippen LogP contribution >= 0.6 is 11.3 Å². The van der Waals surface area contributed by atoms with Crippen molar-refractivity contribution in [2.24, 2.45) is 10.9 Å². The van der Waals surface area contributed by atoms with Gasteiger partial charge in [0.25, 0.3) is 0 Å². The van der Waals surface area contributed by atoms with E-state index in [1.165, 1.54) is 23.3 Å². The Kier molecular flexibility index (Phi) is 7.02. The standard InChI is InChI=1S/C24H34N4O2S/c1-16-11-18-12-20(29-4)19(13-21(18)30-16)15-27-24(25-2)26-14-17-7-5-9-28(3)23(17)22-8-6-10-31-22/h6,8,10,12-13,16-17,23H,5,7,9,11,14-15H2,1-4H3,(H2,25,26,27). The zero-order chi connectivity index (χ0) is 21.8. The second kappa shape index (κ2) is 9.92. The largest absolute Gasteiger partial charge is 0.496 e. The molecule has 1 aromatic heterocycles. The number of nitrogens with zero attached hydrogens (tertiary/aromatic N) is 2. The number of methoxy groups -OCH3 is 1. The van der Waals surface area contributed by atoms with Crippen LogP contribution in [0.5, 0.6) is 11.5 Å². The van der Waals surface area contributed by atoms with E-state index in [4.69, 9.17) is 9.47 Å². The van der Waals surface area contributed by atoms with Gasteiger partial charge >= 0.3 is 0 Å². The minimum Gasteiger partial charge on any atom is -0.496 e. The van der Waals surface area contributed by atoms with Crippen LogP contribution in [0.2, 0.25) is 0 Å². The minimum atomic E-state index is 0.224. The lowest BCUT2D eigenvalue weighted by Gasteiger charge is -2.39. The number of aliphatic imine (C=N–C) groups is 1. The quantitative estimate of drug-likeness (QED) is 0.526. The molecule has 168 valence electrons. The summed E-state index contributed by atoms with van der Waals surface area (Å²) in [5.74, 6) is 3.23. The van der Waals surface area contributed by atoms with E-state index in [1.54, 1.807) is 7.11 Å². The summed E-state index contributed by atoms with van der Waals surface area (Å²) in [6.07, 6.45) is 3.62. The predicted molar refractivity (Wildman–Crippen MR) is 127 cm³/mol. The van der Waals surface area contributed by atoms with Gasteiger partial charge in [-0.05, 0) is 62.9 Å². The molecule has 1 saturated heterocycles. The summed E-state index contributed by atoms with van der Waals surface area (Å²) < 4.78 is 11.6. The van der Waals surface area contributed by atoms with Crippen molar-refractivity contribution in [1.29, 1.82) is 0 Å². The number of thiophene rings is 1. The normalized spacial score (nSPS) is 23.9. The molecule has 0 bridgehead atoms. The van der Waals surface area contributed by atoms with Gasteiger partial charge in [0.15, 0.2) is 5.96 Å². The Bertz CT molecular complexity index is 899. The first-order chi connectivity index (χ1) is 15.1. The van der Waals surface area contributed by atoms with Crippen molar-refractivity contribution in [3.63, 3.8) is 0 Å². The Morgan fingerprint density at radius 3 is 2.97 bits per heavy atom. The molecule has 2 aromatic rings. The van der Waals surface area contributed by atoms with Crippen LogP contribution in [0.3, 0.4) is 0 Å². The van der Waals surface area contributed by atoms with Crippen LogP contribution in [0.15, 0.2) is 34.6 Å². The van der Waals surface area contributed by atoms with Crippen LogP contribution in [-0.4, -0.2) is 51.3 Å². The molecule has 3 atom stereocenters. The van der Waals surface area contributed by atoms with Crippen LogP contribution in [0.4, 0.5) is 0 Å². The predicted octanol–water partition coefficient (Wildman–Crippen LogP) is 3.83. The van der Waals surface area contributed by atoms with Gasteiger partial charge in [0, 0.05) is 48.6 Å². The Morgan fingerprint density at radius 1 is 1.35 bits per heavy atom. The molecule has 0 saturated carbocycles. The number of fused-ring (bicyclic) bond motifs is 1. The van der Waals surface area contributed by atoms with Crippen LogP contribution < -0.4 is 20.1 Å². The molecule has 2 N–H and O–H groups in total. The van der Waals surface area contributed by atoms with Gasteiger partial charge in [0.05, 0.1) is 7.11 Å². The third-order valence-electron chi connectivity index (χ3n) is 6.34. The molecule has 1 aromatic carbocycles. The SMILES string of the molecule is CN=C(NCc1cc2c(cc1OC)CC(C)O2)NCC1CCCN(C)C1c1cccs1. The van der Waals surface area contributed by atoms with Crippen molar-refractivity contribution in [2.45, 2.75) is 44.9 Å². The fourth-order valence-corrected chi connectivity index (χ4v) is 5.80. The summed E-state index contributed by atoms with van der Waals surface area (Å²) in [6.45, 7) is 4.79. The lowest BCUT2D eigenvalue weighted by molar-refractivity contribution is 0.125. The number of nitrogens with one attached hydrogen (secondary N) is 2. The molecular weight excluding hydrogens is 408 g/mol. The number of rotatable bonds is 6. The summed E-state index contributed by atoms with van der Waals surface area (Å²) in [7, 11) is 5.79. The summed E-state index contributed by atoms with van der Waals surface area (Å²) in [6, 6.07) is 9.09. The van der Waals surface area contributed by atoms with E-state index in [9.17, 15) is 0 Å². The smallest absolute Gasteiger partial charge is 0.191 e. The highest BCUT2D eigenvalue weighted by Gasteiger charge is 2.31. The maximum Gasteiger partial charge on any atom is 0.191 e. The molecule has 3 unspecified atom stereocenters. The zero-order valence-electron chi connectivity index (χ0n) is 19.0. The molecule has 0 spiro atoms. The van der Waals surface area contributed by atoms with Crippen LogP contribution in [-0.2, 0) is 13.0 Å². The van der Waals surface area contributed by atoms with Gasteiger partial charge in [-0.25, -0.2) is 0 Å². The number of likely N-dealkylation sites (tertiary alicyclic amines) is 1. The summed E-state index contributed by atoms with van der Waals surface area (Å²) in [5, 5.41) is 9.20. The molecule has 0 radical (unpaired) electrons. The lowest BCUT2D eigenvalue weighted by Crippen LogP contribution is -2.44. The van der Waals surface area contributed by atoms with E-state index in [0.717, 1.165) is 42.5 Å². The molecule has 0 aliphatic carbocycles. The van der Waals surface area contributed by atoms with Gasteiger partial charge in [-0.1, -0.05) is 6.07 Å². The fraction of sp³-hybridized carbons (Fsp3) is 0.542. The molecule has 4 rings (SSSR count). The summed E-state index contributed by atoms with van der Waals surface area (Å²) >= 11 is 1.86. The average molecular weight is 443 g/mol. The first kappa shape index (κ1) is 22.0. The Balaban J connectivity index is 1.38. The highest BCUT2D eigenvalue weighted by molar-refractivity contribution is 7.10. The Hall–Kier alpha value is -2.25. The topological polar surface area (TPSA) is 58.1 Å². The van der Waals surface area contributed by atoms with Crippen molar-refractivity contribution < 1.29 is 9.47 Å². The van der Waals surface area contributed by atoms with E-state index in [1.807, 2.05) is 18.4 Å². The Morgan fingerprint density at radius 2 is 2.23 bits per heavy atom. The molecule has 2 aliphatic rings. The number of piperidine rings is 1. The van der Waals surface area contributed by atoms with Crippen molar-refractivity contribution >= 4 is 17.3 Å². The van der Waals surface area contributed by atoms with E-state index in [-0.39, 0.29) is 6.10 Å². The second-order valence-corrected chi connectivity index (χ2v) is 9.53. The van der Waals surface area contributed by atoms with E-state index >= 15 is 0 Å². The van der Waals surface area contributed by atoms with Crippen LogP contribution in [0.25, 0.3) is 0 Å². The lowest BCUT2D eigenvalue weighted by atomic mass is 9.88. The monoisotopic (exact) mass is 442 g/mol. The Labute approximate surface area is 189 Å². The second-order valence-electron chi connectivity index (χ2n) is 8.55. The number of ether oxygens (including phenoxy) is 2. The molecule has 1 fully saturated rings. The van der Waals surface area contributed by atoms with Gasteiger partial charge in [0.2, 0.25) is 0 Å². The van der Waals surface area contributed by atoms with E-state index in [2.05, 4.69) is 64.1 Å². The van der Waals surface area contributed by atoms with Crippen LogP contribution in [0.1, 0.15) is 41.8 Å². The number of hydrogen-bond acceptors (Lipinski definition) is 5. The van der Waals surface area contributed by atoms with Gasteiger partial charge in [-0.2, -0.15) is 0 Å². The summed E-state index contributed by atoms with van der Waals surface area (Å²) in [4.78, 5) is 8.39. The minimum absolute atomic E-state index is 0.224. The maximum absolute atomic E-state index is 5.93. The van der Waals surface area contributed by atoms with Gasteiger partial charge in [-0.15, -0.1) is 11.3 Å². The van der Waals surface area contributed by atoms with E-state index in [0.29, 0.717) is 18.5 Å². The highest BCUT2D eigenvalue weighted by Crippen LogP contribution is 2.37. The fourth-order valence-electron chi connectivity index (χ4n) is 4.82. The molecular formula is C24H34N4O2S. The zero-order valence-corrected chi connectivity index (χ0v) is 19.8. The third kappa shape index (κ3) is 4.99. The van der Waals surface area contributed by atoms with E-state index < -0.39 is 0 Å². The van der Waals surface area contributed by atoms with Crippen molar-refractivity contribution in [3.8, 4) is 11.5 Å². The molecule has 6 nitrogen and oxygen atoms in total. The number of benzene rings is 1.